The van der Waals surface area contributed by atoms with Crippen LogP contribution in [0.3, 0.4) is 0 Å². The van der Waals surface area contributed by atoms with Crippen molar-refractivity contribution in [1.82, 2.24) is 10.3 Å². The van der Waals surface area contributed by atoms with Crippen molar-refractivity contribution in [2.75, 3.05) is 18.0 Å². The van der Waals surface area contributed by atoms with Gasteiger partial charge in [-0.3, -0.25) is 10.2 Å². The van der Waals surface area contributed by atoms with E-state index in [9.17, 15) is 13.2 Å². The van der Waals surface area contributed by atoms with E-state index >= 15 is 0 Å². The molecule has 6 nitrogen and oxygen atoms in total. The summed E-state index contributed by atoms with van der Waals surface area (Å²) >= 11 is 0. The van der Waals surface area contributed by atoms with Gasteiger partial charge in [0, 0.05) is 24.3 Å². The summed E-state index contributed by atoms with van der Waals surface area (Å²) < 4.78 is 24.7. The molecule has 2 N–H and O–H groups in total. The number of benzene rings is 2. The van der Waals surface area contributed by atoms with Crippen molar-refractivity contribution in [1.29, 1.82) is 0 Å². The quantitative estimate of drug-likeness (QED) is 0.646. The van der Waals surface area contributed by atoms with Crippen LogP contribution in [0.25, 0.3) is 0 Å². The highest BCUT2D eigenvalue weighted by Gasteiger charge is 2.16. The standard InChI is InChI=1S/C20H27N3O3S/c1-4-7-16-8-14-19(15-9-16)27(25,26)22-21-20(24)17-10-12-18(13-11-17)23(5-2)6-3/h8-15,22H,4-7H2,1-3H3,(H,21,24). The molecule has 0 fully saturated rings. The monoisotopic (exact) mass is 389 g/mol. The Hall–Kier alpha value is -2.38. The van der Waals surface area contributed by atoms with Crippen LogP contribution in [0.5, 0.6) is 0 Å². The fourth-order valence-electron chi connectivity index (χ4n) is 2.78. The van der Waals surface area contributed by atoms with Crippen LogP contribution in [-0.2, 0) is 16.4 Å². The Morgan fingerprint density at radius 3 is 2.04 bits per heavy atom. The summed E-state index contributed by atoms with van der Waals surface area (Å²) in [6.45, 7) is 7.94. The van der Waals surface area contributed by atoms with Gasteiger partial charge in [-0.25, -0.2) is 8.42 Å². The molecular formula is C20H27N3O3S. The number of carbonyl (C=O) groups is 1. The van der Waals surface area contributed by atoms with Gasteiger partial charge in [0.1, 0.15) is 0 Å². The molecule has 0 saturated carbocycles. The largest absolute Gasteiger partial charge is 0.372 e. The smallest absolute Gasteiger partial charge is 0.266 e. The first-order valence-corrected chi connectivity index (χ1v) is 10.7. The lowest BCUT2D eigenvalue weighted by Crippen LogP contribution is -2.41. The highest BCUT2D eigenvalue weighted by molar-refractivity contribution is 7.89. The van der Waals surface area contributed by atoms with Gasteiger partial charge in [-0.2, -0.15) is 0 Å². The van der Waals surface area contributed by atoms with E-state index in [1.165, 1.54) is 0 Å². The molecule has 2 aromatic rings. The highest BCUT2D eigenvalue weighted by Crippen LogP contribution is 2.15. The lowest BCUT2D eigenvalue weighted by atomic mass is 10.1. The summed E-state index contributed by atoms with van der Waals surface area (Å²) in [5.41, 5.74) is 4.74. The lowest BCUT2D eigenvalue weighted by Gasteiger charge is -2.21. The van der Waals surface area contributed by atoms with Crippen LogP contribution >= 0.6 is 0 Å². The fourth-order valence-corrected chi connectivity index (χ4v) is 3.62. The highest BCUT2D eigenvalue weighted by atomic mass is 32.2. The van der Waals surface area contributed by atoms with Crippen molar-refractivity contribution >= 4 is 21.6 Å². The zero-order valence-electron chi connectivity index (χ0n) is 16.0. The third-order valence-electron chi connectivity index (χ3n) is 4.33. The van der Waals surface area contributed by atoms with Gasteiger partial charge in [-0.1, -0.05) is 25.5 Å². The van der Waals surface area contributed by atoms with Gasteiger partial charge in [0.2, 0.25) is 0 Å². The van der Waals surface area contributed by atoms with Crippen LogP contribution in [0, 0.1) is 0 Å². The molecule has 0 radical (unpaired) electrons. The number of nitrogens with one attached hydrogen (secondary N) is 2. The van der Waals surface area contributed by atoms with Gasteiger partial charge < -0.3 is 4.90 Å². The number of hydrazine groups is 1. The minimum absolute atomic E-state index is 0.111. The number of sulfonamides is 1. The average molecular weight is 390 g/mol. The SMILES string of the molecule is CCCc1ccc(S(=O)(=O)NNC(=O)c2ccc(N(CC)CC)cc2)cc1. The summed E-state index contributed by atoms with van der Waals surface area (Å²) in [5.74, 6) is -0.507. The number of hydrogen-bond acceptors (Lipinski definition) is 4. The van der Waals surface area contributed by atoms with Crippen molar-refractivity contribution in [3.8, 4) is 0 Å². The third-order valence-corrected chi connectivity index (χ3v) is 5.59. The Labute approximate surface area is 161 Å². The van der Waals surface area contributed by atoms with E-state index in [4.69, 9.17) is 0 Å². The second-order valence-electron chi connectivity index (χ2n) is 6.17. The molecule has 0 bridgehead atoms. The molecule has 7 heteroatoms. The minimum Gasteiger partial charge on any atom is -0.372 e. The van der Waals surface area contributed by atoms with Crippen molar-refractivity contribution in [3.05, 3.63) is 59.7 Å². The third kappa shape index (κ3) is 5.55. The molecule has 0 aromatic heterocycles. The molecule has 0 saturated heterocycles. The van der Waals surface area contributed by atoms with Gasteiger partial charge in [0.15, 0.2) is 0 Å². The maximum atomic E-state index is 12.3. The van der Waals surface area contributed by atoms with E-state index in [1.807, 2.05) is 12.1 Å². The van der Waals surface area contributed by atoms with Crippen molar-refractivity contribution in [3.63, 3.8) is 0 Å². The van der Waals surface area contributed by atoms with E-state index < -0.39 is 15.9 Å². The first-order chi connectivity index (χ1) is 12.9. The Kier molecular flexibility index (Phi) is 7.38. The maximum absolute atomic E-state index is 12.3. The first kappa shape index (κ1) is 20.9. The van der Waals surface area contributed by atoms with Gasteiger partial charge in [0.25, 0.3) is 15.9 Å². The van der Waals surface area contributed by atoms with Crippen LogP contribution in [0.2, 0.25) is 0 Å². The Balaban J connectivity index is 2.01. The number of amides is 1. The number of nitrogens with zero attached hydrogens (tertiary/aromatic N) is 1. The summed E-state index contributed by atoms with van der Waals surface area (Å²) in [6, 6.07) is 13.7. The zero-order valence-corrected chi connectivity index (χ0v) is 16.8. The number of hydrogen-bond donors (Lipinski definition) is 2. The molecule has 0 aliphatic carbocycles. The molecule has 27 heavy (non-hydrogen) atoms. The van der Waals surface area contributed by atoms with Crippen molar-refractivity contribution in [2.24, 2.45) is 0 Å². The summed E-state index contributed by atoms with van der Waals surface area (Å²) in [4.78, 5) is 16.6. The van der Waals surface area contributed by atoms with Crippen LogP contribution in [-0.4, -0.2) is 27.4 Å². The van der Waals surface area contributed by atoms with Crippen molar-refractivity contribution in [2.45, 2.75) is 38.5 Å². The van der Waals surface area contributed by atoms with Crippen LogP contribution in [0.4, 0.5) is 5.69 Å². The molecule has 0 unspecified atom stereocenters. The second-order valence-corrected chi connectivity index (χ2v) is 7.86. The Morgan fingerprint density at radius 2 is 1.52 bits per heavy atom. The van der Waals surface area contributed by atoms with Crippen molar-refractivity contribution < 1.29 is 13.2 Å². The zero-order chi connectivity index (χ0) is 19.9. The van der Waals surface area contributed by atoms with Gasteiger partial charge >= 0.3 is 0 Å². The normalized spacial score (nSPS) is 11.2. The fraction of sp³-hybridized carbons (Fsp3) is 0.350. The maximum Gasteiger partial charge on any atom is 0.266 e. The van der Waals surface area contributed by atoms with Crippen LogP contribution in [0.1, 0.15) is 43.1 Å². The van der Waals surface area contributed by atoms with E-state index in [1.54, 1.807) is 36.4 Å². The predicted octanol–water partition coefficient (Wildman–Crippen LogP) is 3.11. The van der Waals surface area contributed by atoms with Gasteiger partial charge in [-0.05, 0) is 62.2 Å². The second kappa shape index (κ2) is 9.53. The number of anilines is 1. The van der Waals surface area contributed by atoms with E-state index in [0.29, 0.717) is 5.56 Å². The van der Waals surface area contributed by atoms with E-state index in [2.05, 4.69) is 35.9 Å². The van der Waals surface area contributed by atoms with Crippen LogP contribution < -0.4 is 15.2 Å². The first-order valence-electron chi connectivity index (χ1n) is 9.17. The molecule has 2 rings (SSSR count). The lowest BCUT2D eigenvalue weighted by molar-refractivity contribution is 0.0945. The average Bonchev–Trinajstić information content (AvgIpc) is 2.68. The number of aryl methyl sites for hydroxylation is 1. The molecule has 146 valence electrons. The molecule has 0 aliphatic rings. The van der Waals surface area contributed by atoms with Gasteiger partial charge in [0.05, 0.1) is 4.90 Å². The van der Waals surface area contributed by atoms with Crippen LogP contribution in [0.15, 0.2) is 53.4 Å². The minimum atomic E-state index is -3.81. The summed E-state index contributed by atoms with van der Waals surface area (Å²) in [5, 5.41) is 0. The Bertz CT molecular complexity index is 843. The van der Waals surface area contributed by atoms with E-state index in [-0.39, 0.29) is 4.90 Å². The number of carbonyl (C=O) groups excluding carboxylic acids is 1. The topological polar surface area (TPSA) is 78.5 Å². The summed E-state index contributed by atoms with van der Waals surface area (Å²) in [7, 11) is -3.81. The molecule has 2 aromatic carbocycles. The molecule has 0 heterocycles. The molecule has 0 atom stereocenters. The summed E-state index contributed by atoms with van der Waals surface area (Å²) in [6.07, 6.45) is 1.89. The van der Waals surface area contributed by atoms with E-state index in [0.717, 1.165) is 37.2 Å². The Morgan fingerprint density at radius 1 is 0.926 bits per heavy atom. The molecule has 0 aliphatic heterocycles. The molecule has 1 amide bonds. The number of rotatable bonds is 9. The molecular weight excluding hydrogens is 362 g/mol. The predicted molar refractivity (Wildman–Crippen MR) is 108 cm³/mol. The molecule has 0 spiro atoms. The van der Waals surface area contributed by atoms with Gasteiger partial charge in [-0.15, -0.1) is 4.83 Å².